The molecule has 5 heteroatoms. The van der Waals surface area contributed by atoms with Crippen molar-refractivity contribution in [2.24, 2.45) is 0 Å². The Morgan fingerprint density at radius 2 is 1.08 bits per heavy atom. The summed E-state index contributed by atoms with van der Waals surface area (Å²) in [6.07, 6.45) is -0.462. The number of hydrogen-bond donors (Lipinski definition) is 0. The minimum Gasteiger partial charge on any atom is -0.404 e. The van der Waals surface area contributed by atoms with Gasteiger partial charge in [0.25, 0.3) is 0 Å². The number of hydroxylamine groups is 2. The molecular weight excluding hydrogens is 462 g/mol. The standard InChI is InChI=1S/C32H31NO4/c1-4-12-24(13-5-1)20-34-23-28-31(35-21-25-14-6-2-7-15-25)32(36-22-26-16-8-3-9-17-26)30-27-18-10-11-19-29(27)37-33(28)30/h1-19,28,30-32H,20-23H2/t28-,30-,31+,32-/m0/s1. The number of ether oxygens (including phenoxy) is 3. The van der Waals surface area contributed by atoms with Gasteiger partial charge in [-0.1, -0.05) is 109 Å². The Kier molecular flexibility index (Phi) is 7.28. The molecule has 1 saturated heterocycles. The number of benzene rings is 4. The normalized spacial score (nSPS) is 22.4. The zero-order valence-corrected chi connectivity index (χ0v) is 20.7. The van der Waals surface area contributed by atoms with Gasteiger partial charge >= 0.3 is 0 Å². The molecule has 5 nitrogen and oxygen atoms in total. The fraction of sp³-hybridized carbons (Fsp3) is 0.250. The number of para-hydroxylation sites is 1. The van der Waals surface area contributed by atoms with Crippen molar-refractivity contribution in [1.29, 1.82) is 0 Å². The van der Waals surface area contributed by atoms with E-state index in [9.17, 15) is 0 Å². The van der Waals surface area contributed by atoms with Crippen LogP contribution in [0.1, 0.15) is 28.3 Å². The first-order valence-electron chi connectivity index (χ1n) is 12.8. The number of hydrogen-bond acceptors (Lipinski definition) is 5. The Balaban J connectivity index is 1.27. The largest absolute Gasteiger partial charge is 0.404 e. The third kappa shape index (κ3) is 5.31. The molecule has 0 saturated carbocycles. The van der Waals surface area contributed by atoms with Gasteiger partial charge in [0.2, 0.25) is 0 Å². The van der Waals surface area contributed by atoms with Crippen LogP contribution in [0.2, 0.25) is 0 Å². The lowest BCUT2D eigenvalue weighted by molar-refractivity contribution is -0.125. The summed E-state index contributed by atoms with van der Waals surface area (Å²) >= 11 is 0. The highest BCUT2D eigenvalue weighted by molar-refractivity contribution is 5.41. The molecule has 0 unspecified atom stereocenters. The van der Waals surface area contributed by atoms with Crippen LogP contribution in [0.3, 0.4) is 0 Å². The quantitative estimate of drug-likeness (QED) is 0.267. The molecule has 2 heterocycles. The second-order valence-electron chi connectivity index (χ2n) is 9.52. The van der Waals surface area contributed by atoms with E-state index in [1.165, 1.54) is 0 Å². The summed E-state index contributed by atoms with van der Waals surface area (Å²) in [6, 6.07) is 38.8. The first-order chi connectivity index (χ1) is 18.4. The summed E-state index contributed by atoms with van der Waals surface area (Å²) in [5.41, 5.74) is 4.52. The van der Waals surface area contributed by atoms with Gasteiger partial charge in [-0.05, 0) is 22.8 Å². The smallest absolute Gasteiger partial charge is 0.152 e. The highest BCUT2D eigenvalue weighted by atomic mass is 16.7. The van der Waals surface area contributed by atoms with Gasteiger partial charge in [0.15, 0.2) is 5.75 Å². The van der Waals surface area contributed by atoms with Crippen molar-refractivity contribution in [3.05, 3.63) is 138 Å². The summed E-state index contributed by atoms with van der Waals surface area (Å²) in [6.45, 7) is 1.99. The van der Waals surface area contributed by atoms with Crippen LogP contribution in [0.25, 0.3) is 0 Å². The van der Waals surface area contributed by atoms with Crippen molar-refractivity contribution in [3.63, 3.8) is 0 Å². The van der Waals surface area contributed by atoms with Crippen molar-refractivity contribution in [3.8, 4) is 5.75 Å². The highest BCUT2D eigenvalue weighted by Gasteiger charge is 2.56. The molecule has 0 radical (unpaired) electrons. The summed E-state index contributed by atoms with van der Waals surface area (Å²) in [5.74, 6) is 0.871. The minimum absolute atomic E-state index is 0.0778. The molecule has 37 heavy (non-hydrogen) atoms. The molecule has 2 aliphatic heterocycles. The maximum atomic E-state index is 6.65. The Hall–Kier alpha value is -3.48. The lowest BCUT2D eigenvalue weighted by Crippen LogP contribution is -2.42. The lowest BCUT2D eigenvalue weighted by atomic mass is 10.00. The van der Waals surface area contributed by atoms with Gasteiger partial charge in [-0.15, -0.1) is 5.06 Å². The molecule has 4 aromatic carbocycles. The van der Waals surface area contributed by atoms with Crippen LogP contribution < -0.4 is 4.84 Å². The van der Waals surface area contributed by atoms with Crippen LogP contribution in [-0.2, 0) is 34.0 Å². The van der Waals surface area contributed by atoms with Crippen molar-refractivity contribution in [1.82, 2.24) is 5.06 Å². The number of fused-ring (bicyclic) bond motifs is 3. The summed E-state index contributed by atoms with van der Waals surface area (Å²) in [5, 5.41) is 2.04. The van der Waals surface area contributed by atoms with Gasteiger partial charge in [-0.25, -0.2) is 0 Å². The highest BCUT2D eigenvalue weighted by Crippen LogP contribution is 2.48. The van der Waals surface area contributed by atoms with Gasteiger partial charge in [-0.3, -0.25) is 0 Å². The lowest BCUT2D eigenvalue weighted by Gasteiger charge is -2.27. The van der Waals surface area contributed by atoms with Crippen molar-refractivity contribution < 1.29 is 19.0 Å². The molecule has 0 aromatic heterocycles. The van der Waals surface area contributed by atoms with Crippen LogP contribution in [0, 0.1) is 0 Å². The minimum atomic E-state index is -0.238. The SMILES string of the molecule is c1ccc(COC[C@H]2[C@@H](OCc3ccccc3)[C@@H](OCc3ccccc3)[C@@H]3c4ccccc4ON23)cc1. The maximum Gasteiger partial charge on any atom is 0.152 e. The number of nitrogens with zero attached hydrogens (tertiary/aromatic N) is 1. The molecule has 188 valence electrons. The molecule has 2 aliphatic rings. The zero-order valence-electron chi connectivity index (χ0n) is 20.7. The fourth-order valence-corrected chi connectivity index (χ4v) is 5.22. The molecule has 4 atom stereocenters. The number of rotatable bonds is 10. The first-order valence-corrected chi connectivity index (χ1v) is 12.8. The van der Waals surface area contributed by atoms with E-state index in [1.807, 2.05) is 71.8 Å². The molecule has 1 fully saturated rings. The summed E-state index contributed by atoms with van der Waals surface area (Å²) in [4.78, 5) is 6.40. The molecule has 0 aliphatic carbocycles. The van der Waals surface area contributed by atoms with E-state index in [1.54, 1.807) is 0 Å². The van der Waals surface area contributed by atoms with Gasteiger partial charge in [-0.2, -0.15) is 0 Å². The van der Waals surface area contributed by atoms with Gasteiger partial charge in [0.05, 0.1) is 32.5 Å². The van der Waals surface area contributed by atoms with E-state index >= 15 is 0 Å². The van der Waals surface area contributed by atoms with Gasteiger partial charge in [0.1, 0.15) is 18.2 Å². The average Bonchev–Trinajstić information content (AvgIpc) is 3.47. The Morgan fingerprint density at radius 3 is 1.70 bits per heavy atom. The summed E-state index contributed by atoms with van der Waals surface area (Å²) in [7, 11) is 0. The van der Waals surface area contributed by atoms with Gasteiger partial charge in [0, 0.05) is 5.56 Å². The van der Waals surface area contributed by atoms with Crippen LogP contribution in [0.4, 0.5) is 0 Å². The second kappa shape index (κ2) is 11.3. The molecule has 6 rings (SSSR count). The van der Waals surface area contributed by atoms with E-state index in [0.29, 0.717) is 26.4 Å². The van der Waals surface area contributed by atoms with Gasteiger partial charge < -0.3 is 19.0 Å². The van der Waals surface area contributed by atoms with Crippen LogP contribution in [0.15, 0.2) is 115 Å². The van der Waals surface area contributed by atoms with Crippen LogP contribution in [-0.4, -0.2) is 29.9 Å². The van der Waals surface area contributed by atoms with E-state index in [0.717, 1.165) is 28.0 Å². The monoisotopic (exact) mass is 493 g/mol. The third-order valence-corrected chi connectivity index (χ3v) is 7.03. The second-order valence-corrected chi connectivity index (χ2v) is 9.52. The molecule has 0 amide bonds. The predicted molar refractivity (Wildman–Crippen MR) is 142 cm³/mol. The Bertz CT molecular complexity index is 1270. The molecule has 0 bridgehead atoms. The topological polar surface area (TPSA) is 40.2 Å². The van der Waals surface area contributed by atoms with Crippen LogP contribution in [0.5, 0.6) is 5.75 Å². The van der Waals surface area contributed by atoms with E-state index in [4.69, 9.17) is 19.0 Å². The maximum absolute atomic E-state index is 6.65. The first kappa shape index (κ1) is 23.9. The van der Waals surface area contributed by atoms with E-state index in [2.05, 4.69) is 48.5 Å². The van der Waals surface area contributed by atoms with Crippen molar-refractivity contribution >= 4 is 0 Å². The van der Waals surface area contributed by atoms with Crippen LogP contribution >= 0.6 is 0 Å². The molecular formula is C32H31NO4. The van der Waals surface area contributed by atoms with E-state index in [-0.39, 0.29) is 24.3 Å². The Morgan fingerprint density at radius 1 is 0.568 bits per heavy atom. The average molecular weight is 494 g/mol. The summed E-state index contributed by atoms with van der Waals surface area (Å²) < 4.78 is 19.5. The van der Waals surface area contributed by atoms with Crippen molar-refractivity contribution in [2.75, 3.05) is 6.61 Å². The predicted octanol–water partition coefficient (Wildman–Crippen LogP) is 6.11. The third-order valence-electron chi connectivity index (χ3n) is 7.03. The zero-order chi connectivity index (χ0) is 24.9. The Labute approximate surface area is 218 Å². The van der Waals surface area contributed by atoms with Crippen molar-refractivity contribution in [2.45, 2.75) is 44.1 Å². The molecule has 0 N–H and O–H groups in total. The fourth-order valence-electron chi connectivity index (χ4n) is 5.22. The van der Waals surface area contributed by atoms with E-state index < -0.39 is 0 Å². The molecule has 4 aromatic rings. The molecule has 0 spiro atoms.